The topological polar surface area (TPSA) is 77.0 Å². The molecule has 0 bridgehead atoms. The zero-order valence-electron chi connectivity index (χ0n) is 20.2. The molecule has 0 radical (unpaired) electrons. The summed E-state index contributed by atoms with van der Waals surface area (Å²) in [5.74, 6) is 0.613. The van der Waals surface area contributed by atoms with Gasteiger partial charge in [-0.1, -0.05) is 6.07 Å². The lowest BCUT2D eigenvalue weighted by Gasteiger charge is -2.22. The van der Waals surface area contributed by atoms with E-state index in [9.17, 15) is 4.79 Å². The van der Waals surface area contributed by atoms with E-state index < -0.39 is 0 Å². The molecule has 0 saturated carbocycles. The van der Waals surface area contributed by atoms with E-state index in [1.807, 2.05) is 35.0 Å². The van der Waals surface area contributed by atoms with Crippen molar-refractivity contribution in [3.05, 3.63) is 87.9 Å². The third kappa shape index (κ3) is 4.61. The Balaban J connectivity index is 1.65. The second kappa shape index (κ2) is 9.46. The highest BCUT2D eigenvalue weighted by Gasteiger charge is 2.24. The third-order valence-electron chi connectivity index (χ3n) is 5.91. The van der Waals surface area contributed by atoms with Gasteiger partial charge in [-0.25, -0.2) is 9.67 Å². The van der Waals surface area contributed by atoms with Crippen molar-refractivity contribution in [3.8, 4) is 11.3 Å². The first-order valence-electron chi connectivity index (χ1n) is 11.6. The molecule has 1 amide bonds. The van der Waals surface area contributed by atoms with Crippen molar-refractivity contribution in [2.75, 3.05) is 0 Å². The Morgan fingerprint density at radius 3 is 2.66 bits per heavy atom. The maximum atomic E-state index is 14.1. The van der Waals surface area contributed by atoms with Crippen molar-refractivity contribution < 1.29 is 9.21 Å². The van der Waals surface area contributed by atoms with Crippen LogP contribution in [0.2, 0.25) is 0 Å². The minimum Gasteiger partial charge on any atom is -0.467 e. The zero-order chi connectivity index (χ0) is 24.5. The summed E-state index contributed by atoms with van der Waals surface area (Å²) in [7, 11) is 0. The lowest BCUT2D eigenvalue weighted by atomic mass is 10.1. The number of rotatable bonds is 7. The van der Waals surface area contributed by atoms with Crippen LogP contribution in [0.15, 0.2) is 65.7 Å². The summed E-state index contributed by atoms with van der Waals surface area (Å²) >= 11 is 1.73. The summed E-state index contributed by atoms with van der Waals surface area (Å²) in [5.41, 5.74) is 4.06. The standard InChI is InChI=1S/C27H27N5O2S/c1-17(2)32-26-24(14-29-32)23(12-25(30-26)22-11-18(3)35-19(22)4)27(33)31(16-21-8-6-10-34-21)15-20-7-5-9-28-13-20/h5-14,17H,15-16H2,1-4H3. The summed E-state index contributed by atoms with van der Waals surface area (Å²) in [6.07, 6.45) is 6.88. The summed E-state index contributed by atoms with van der Waals surface area (Å²) in [4.78, 5) is 27.5. The highest BCUT2D eigenvalue weighted by molar-refractivity contribution is 7.12. The minimum absolute atomic E-state index is 0.105. The monoisotopic (exact) mass is 485 g/mol. The highest BCUT2D eigenvalue weighted by atomic mass is 32.1. The van der Waals surface area contributed by atoms with E-state index in [1.165, 1.54) is 9.75 Å². The molecular weight excluding hydrogens is 458 g/mol. The van der Waals surface area contributed by atoms with Crippen molar-refractivity contribution >= 4 is 28.3 Å². The molecule has 7 nitrogen and oxygen atoms in total. The Hall–Kier alpha value is -3.78. The number of thiophene rings is 1. The molecule has 0 saturated heterocycles. The van der Waals surface area contributed by atoms with Gasteiger partial charge in [0.1, 0.15) is 5.76 Å². The Morgan fingerprint density at radius 2 is 2.00 bits per heavy atom. The number of hydrogen-bond acceptors (Lipinski definition) is 6. The SMILES string of the molecule is Cc1cc(-c2cc(C(=O)N(Cc3cccnc3)Cc3ccco3)c3cnn(C(C)C)c3n2)c(C)s1. The molecule has 5 aromatic heterocycles. The minimum atomic E-state index is -0.105. The van der Waals surface area contributed by atoms with Crippen LogP contribution in [0.1, 0.15) is 51.3 Å². The van der Waals surface area contributed by atoms with Crippen LogP contribution in [0.4, 0.5) is 0 Å². The largest absolute Gasteiger partial charge is 0.467 e. The zero-order valence-corrected chi connectivity index (χ0v) is 21.0. The van der Waals surface area contributed by atoms with Crippen molar-refractivity contribution in [1.29, 1.82) is 0 Å². The molecule has 0 aliphatic rings. The number of carbonyl (C=O) groups excluding carboxylic acids is 1. The Morgan fingerprint density at radius 1 is 1.14 bits per heavy atom. The summed E-state index contributed by atoms with van der Waals surface area (Å²) in [6, 6.07) is 11.7. The molecule has 5 heterocycles. The van der Waals surface area contributed by atoms with Crippen LogP contribution >= 0.6 is 11.3 Å². The highest BCUT2D eigenvalue weighted by Crippen LogP contribution is 2.33. The first kappa shape index (κ1) is 23.0. The van der Waals surface area contributed by atoms with Gasteiger partial charge >= 0.3 is 0 Å². The smallest absolute Gasteiger partial charge is 0.255 e. The van der Waals surface area contributed by atoms with Crippen LogP contribution in [0, 0.1) is 13.8 Å². The summed E-state index contributed by atoms with van der Waals surface area (Å²) < 4.78 is 7.46. The Kier molecular flexibility index (Phi) is 6.21. The number of nitrogens with zero attached hydrogens (tertiary/aromatic N) is 5. The van der Waals surface area contributed by atoms with Gasteiger partial charge in [-0.15, -0.1) is 11.3 Å². The maximum absolute atomic E-state index is 14.1. The molecule has 8 heteroatoms. The van der Waals surface area contributed by atoms with Gasteiger partial charge in [-0.3, -0.25) is 9.78 Å². The summed E-state index contributed by atoms with van der Waals surface area (Å²) in [5, 5.41) is 5.32. The molecule has 5 aromatic rings. The molecule has 178 valence electrons. The van der Waals surface area contributed by atoms with Crippen molar-refractivity contribution in [2.45, 2.75) is 46.8 Å². The second-order valence-corrected chi connectivity index (χ2v) is 10.4. The molecule has 35 heavy (non-hydrogen) atoms. The number of carbonyl (C=O) groups is 1. The molecule has 5 rings (SSSR count). The van der Waals surface area contributed by atoms with Crippen LogP contribution in [0.25, 0.3) is 22.3 Å². The van der Waals surface area contributed by atoms with Crippen molar-refractivity contribution in [1.82, 2.24) is 24.6 Å². The van der Waals surface area contributed by atoms with Gasteiger partial charge in [0.25, 0.3) is 5.91 Å². The van der Waals surface area contributed by atoms with Gasteiger partial charge in [0, 0.05) is 40.3 Å². The first-order valence-corrected chi connectivity index (χ1v) is 12.4. The number of amides is 1. The molecule has 0 aromatic carbocycles. The lowest BCUT2D eigenvalue weighted by molar-refractivity contribution is 0.0719. The molecule has 0 aliphatic carbocycles. The predicted molar refractivity (Wildman–Crippen MR) is 137 cm³/mol. The Bertz CT molecular complexity index is 1470. The van der Waals surface area contributed by atoms with Crippen LogP contribution in [-0.2, 0) is 13.1 Å². The van der Waals surface area contributed by atoms with Crippen molar-refractivity contribution in [2.24, 2.45) is 0 Å². The quantitative estimate of drug-likeness (QED) is 0.275. The molecule has 0 spiro atoms. The van der Waals surface area contributed by atoms with E-state index in [2.05, 4.69) is 43.8 Å². The van der Waals surface area contributed by atoms with Crippen LogP contribution in [0.5, 0.6) is 0 Å². The van der Waals surface area contributed by atoms with Crippen LogP contribution in [-0.4, -0.2) is 30.6 Å². The average Bonchev–Trinajstić information content (AvgIpc) is 3.58. The number of pyridine rings is 2. The summed E-state index contributed by atoms with van der Waals surface area (Å²) in [6.45, 7) is 9.05. The molecular formula is C27H27N5O2S. The number of fused-ring (bicyclic) bond motifs is 1. The van der Waals surface area contributed by atoms with Gasteiger partial charge in [0.15, 0.2) is 5.65 Å². The first-order chi connectivity index (χ1) is 16.9. The van der Waals surface area contributed by atoms with Gasteiger partial charge < -0.3 is 9.32 Å². The number of aromatic nitrogens is 4. The van der Waals surface area contributed by atoms with E-state index in [0.29, 0.717) is 24.3 Å². The van der Waals surface area contributed by atoms with E-state index in [4.69, 9.17) is 9.40 Å². The van der Waals surface area contributed by atoms with E-state index >= 15 is 0 Å². The fourth-order valence-corrected chi connectivity index (χ4v) is 5.20. The maximum Gasteiger partial charge on any atom is 0.255 e. The predicted octanol–water partition coefficient (Wildman–Crippen LogP) is 6.19. The second-order valence-electron chi connectivity index (χ2n) is 8.90. The molecule has 0 atom stereocenters. The molecule has 0 N–H and O–H groups in total. The van der Waals surface area contributed by atoms with E-state index in [1.54, 1.807) is 41.1 Å². The number of hydrogen-bond donors (Lipinski definition) is 0. The number of aryl methyl sites for hydroxylation is 2. The van der Waals surface area contributed by atoms with Crippen LogP contribution in [0.3, 0.4) is 0 Å². The average molecular weight is 486 g/mol. The van der Waals surface area contributed by atoms with Gasteiger partial charge in [0.2, 0.25) is 0 Å². The molecule has 0 aliphatic heterocycles. The fraction of sp³-hybridized carbons (Fsp3) is 0.259. The lowest BCUT2D eigenvalue weighted by Crippen LogP contribution is -2.30. The van der Waals surface area contributed by atoms with Crippen molar-refractivity contribution in [3.63, 3.8) is 0 Å². The fourth-order valence-electron chi connectivity index (χ4n) is 4.27. The molecule has 0 fully saturated rings. The van der Waals surface area contributed by atoms with Gasteiger partial charge in [-0.05, 0) is 63.6 Å². The van der Waals surface area contributed by atoms with E-state index in [-0.39, 0.29) is 11.9 Å². The van der Waals surface area contributed by atoms with Gasteiger partial charge in [-0.2, -0.15) is 5.10 Å². The normalized spacial score (nSPS) is 11.5. The number of furan rings is 1. The van der Waals surface area contributed by atoms with E-state index in [0.717, 1.165) is 28.0 Å². The Labute approximate surface area is 208 Å². The molecule has 0 unspecified atom stereocenters. The van der Waals surface area contributed by atoms with Crippen LogP contribution < -0.4 is 0 Å². The van der Waals surface area contributed by atoms with Gasteiger partial charge in [0.05, 0.1) is 35.6 Å². The third-order valence-corrected chi connectivity index (χ3v) is 6.88.